The Hall–Kier alpha value is -2.45. The van der Waals surface area contributed by atoms with Crippen molar-refractivity contribution in [1.82, 2.24) is 9.80 Å². The number of nitrogens with zero attached hydrogens (tertiary/aromatic N) is 4. The summed E-state index contributed by atoms with van der Waals surface area (Å²) in [4.78, 5) is 29.7. The predicted octanol–water partition coefficient (Wildman–Crippen LogP) is 2.65. The molecular weight excluding hydrogens is 372 g/mol. The number of nitro groups is 1. The van der Waals surface area contributed by atoms with Gasteiger partial charge in [-0.1, -0.05) is 6.08 Å². The molecule has 1 aromatic rings. The molecule has 29 heavy (non-hydrogen) atoms. The topological polar surface area (TPSA) is 79.2 Å². The zero-order valence-electron chi connectivity index (χ0n) is 17.1. The van der Waals surface area contributed by atoms with E-state index < -0.39 is 0 Å². The van der Waals surface area contributed by atoms with E-state index in [9.17, 15) is 14.9 Å². The normalized spacial score (nSPS) is 17.7. The summed E-state index contributed by atoms with van der Waals surface area (Å²) in [5.41, 5.74) is 2.23. The molecule has 0 saturated carbocycles. The lowest BCUT2D eigenvalue weighted by Gasteiger charge is -2.37. The van der Waals surface area contributed by atoms with E-state index in [2.05, 4.69) is 15.9 Å². The van der Waals surface area contributed by atoms with Gasteiger partial charge in [-0.25, -0.2) is 0 Å². The average molecular weight is 402 g/mol. The van der Waals surface area contributed by atoms with Gasteiger partial charge in [0.2, 0.25) is 5.91 Å². The Balaban J connectivity index is 1.53. The van der Waals surface area contributed by atoms with Crippen LogP contribution in [-0.2, 0) is 9.53 Å². The number of carbonyl (C=O) groups is 1. The Morgan fingerprint density at radius 2 is 1.90 bits per heavy atom. The molecule has 0 spiro atoms. The van der Waals surface area contributed by atoms with Crippen LogP contribution < -0.4 is 4.90 Å². The maximum Gasteiger partial charge on any atom is 0.269 e. The number of non-ortho nitro benzene ring substituents is 1. The van der Waals surface area contributed by atoms with Gasteiger partial charge in [0.05, 0.1) is 18.1 Å². The van der Waals surface area contributed by atoms with Crippen LogP contribution in [0.25, 0.3) is 0 Å². The van der Waals surface area contributed by atoms with E-state index in [4.69, 9.17) is 4.74 Å². The molecule has 0 atom stereocenters. The van der Waals surface area contributed by atoms with Crippen molar-refractivity contribution in [2.24, 2.45) is 0 Å². The van der Waals surface area contributed by atoms with E-state index in [0.29, 0.717) is 19.7 Å². The number of nitro benzene ring substituents is 1. The van der Waals surface area contributed by atoms with Crippen LogP contribution in [0.1, 0.15) is 25.7 Å². The van der Waals surface area contributed by atoms with Gasteiger partial charge in [0.1, 0.15) is 0 Å². The zero-order chi connectivity index (χ0) is 20.6. The number of hydrogen-bond donors (Lipinski definition) is 0. The molecule has 2 aliphatic rings. The van der Waals surface area contributed by atoms with E-state index in [1.165, 1.54) is 18.6 Å². The number of ether oxygens (including phenoxy) is 1. The molecule has 1 aromatic carbocycles. The molecule has 158 valence electrons. The third-order valence-electron chi connectivity index (χ3n) is 5.59. The highest BCUT2D eigenvalue weighted by Gasteiger charge is 2.24. The van der Waals surface area contributed by atoms with Gasteiger partial charge in [0, 0.05) is 63.4 Å². The van der Waals surface area contributed by atoms with Gasteiger partial charge < -0.3 is 14.5 Å². The molecule has 8 nitrogen and oxygen atoms in total. The fourth-order valence-electron chi connectivity index (χ4n) is 3.90. The molecular formula is C21H30N4O4. The standard InChI is InChI=1S/C21H30N4O4/c1-29-16-15-24(19-5-3-2-4-6-19)21(26)17-22-11-13-23(14-12-22)18-7-9-20(10-8-18)25(27)28/h5,7-10H,2-4,6,11-17H2,1H3. The number of carbonyl (C=O) groups excluding carboxylic acids is 1. The van der Waals surface area contributed by atoms with Crippen molar-refractivity contribution >= 4 is 17.3 Å². The average Bonchev–Trinajstić information content (AvgIpc) is 2.75. The highest BCUT2D eigenvalue weighted by Crippen LogP contribution is 2.23. The summed E-state index contributed by atoms with van der Waals surface area (Å²) in [6.07, 6.45) is 6.53. The van der Waals surface area contributed by atoms with Crippen molar-refractivity contribution in [3.63, 3.8) is 0 Å². The van der Waals surface area contributed by atoms with Gasteiger partial charge in [-0.2, -0.15) is 0 Å². The molecule has 1 heterocycles. The van der Waals surface area contributed by atoms with Crippen LogP contribution in [0.4, 0.5) is 11.4 Å². The maximum absolute atomic E-state index is 13.0. The number of methoxy groups -OCH3 is 1. The van der Waals surface area contributed by atoms with E-state index in [-0.39, 0.29) is 16.5 Å². The maximum atomic E-state index is 13.0. The van der Waals surface area contributed by atoms with Crippen molar-refractivity contribution in [3.8, 4) is 0 Å². The smallest absolute Gasteiger partial charge is 0.269 e. The number of rotatable bonds is 8. The molecule has 1 fully saturated rings. The van der Waals surface area contributed by atoms with E-state index in [1.807, 2.05) is 4.90 Å². The van der Waals surface area contributed by atoms with E-state index in [1.54, 1.807) is 19.2 Å². The first-order valence-electron chi connectivity index (χ1n) is 10.3. The van der Waals surface area contributed by atoms with Gasteiger partial charge in [-0.15, -0.1) is 0 Å². The van der Waals surface area contributed by atoms with Gasteiger partial charge >= 0.3 is 0 Å². The fraction of sp³-hybridized carbons (Fsp3) is 0.571. The highest BCUT2D eigenvalue weighted by molar-refractivity contribution is 5.80. The van der Waals surface area contributed by atoms with Gasteiger partial charge in [0.15, 0.2) is 0 Å². The van der Waals surface area contributed by atoms with Crippen molar-refractivity contribution in [2.45, 2.75) is 25.7 Å². The third kappa shape index (κ3) is 5.77. The minimum Gasteiger partial charge on any atom is -0.383 e. The first kappa shape index (κ1) is 21.3. The Labute approximate surface area is 171 Å². The largest absolute Gasteiger partial charge is 0.383 e. The summed E-state index contributed by atoms with van der Waals surface area (Å²) in [6.45, 7) is 4.73. The SMILES string of the molecule is COCCN(C(=O)CN1CCN(c2ccc([N+](=O)[O-])cc2)CC1)C1=CCCCC1. The molecule has 1 saturated heterocycles. The van der Waals surface area contributed by atoms with Crippen LogP contribution in [-0.4, -0.2) is 73.6 Å². The summed E-state index contributed by atoms with van der Waals surface area (Å²) < 4.78 is 5.21. The lowest BCUT2D eigenvalue weighted by atomic mass is 10.0. The number of anilines is 1. The Morgan fingerprint density at radius 1 is 1.17 bits per heavy atom. The van der Waals surface area contributed by atoms with E-state index in [0.717, 1.165) is 56.8 Å². The number of piperazine rings is 1. The Morgan fingerprint density at radius 3 is 2.48 bits per heavy atom. The summed E-state index contributed by atoms with van der Waals surface area (Å²) in [5.74, 6) is 0.138. The number of allylic oxidation sites excluding steroid dienone is 2. The second kappa shape index (κ2) is 10.4. The summed E-state index contributed by atoms with van der Waals surface area (Å²) in [6, 6.07) is 6.66. The van der Waals surface area contributed by atoms with Crippen LogP contribution >= 0.6 is 0 Å². The molecule has 1 aliphatic heterocycles. The second-order valence-corrected chi connectivity index (χ2v) is 7.52. The number of benzene rings is 1. The van der Waals surface area contributed by atoms with Crippen LogP contribution in [0.2, 0.25) is 0 Å². The van der Waals surface area contributed by atoms with Crippen LogP contribution in [0.3, 0.4) is 0 Å². The minimum atomic E-state index is -0.385. The minimum absolute atomic E-state index is 0.103. The predicted molar refractivity (Wildman–Crippen MR) is 112 cm³/mol. The highest BCUT2D eigenvalue weighted by atomic mass is 16.6. The van der Waals surface area contributed by atoms with Crippen LogP contribution in [0.5, 0.6) is 0 Å². The molecule has 0 N–H and O–H groups in total. The lowest BCUT2D eigenvalue weighted by molar-refractivity contribution is -0.384. The fourth-order valence-corrected chi connectivity index (χ4v) is 3.90. The van der Waals surface area contributed by atoms with Gasteiger partial charge in [0.25, 0.3) is 5.69 Å². The third-order valence-corrected chi connectivity index (χ3v) is 5.59. The lowest BCUT2D eigenvalue weighted by Crippen LogP contribution is -2.50. The Bertz CT molecular complexity index is 727. The summed E-state index contributed by atoms with van der Waals surface area (Å²) in [7, 11) is 1.66. The van der Waals surface area contributed by atoms with Gasteiger partial charge in [-0.3, -0.25) is 19.8 Å². The first-order valence-corrected chi connectivity index (χ1v) is 10.3. The molecule has 0 unspecified atom stereocenters. The summed E-state index contributed by atoms with van der Waals surface area (Å²) in [5, 5.41) is 10.8. The molecule has 0 aromatic heterocycles. The molecule has 8 heteroatoms. The molecule has 1 aliphatic carbocycles. The van der Waals surface area contributed by atoms with Gasteiger partial charge in [-0.05, 0) is 37.8 Å². The Kier molecular flexibility index (Phi) is 7.60. The van der Waals surface area contributed by atoms with Crippen molar-refractivity contribution in [3.05, 3.63) is 46.2 Å². The number of amides is 1. The second-order valence-electron chi connectivity index (χ2n) is 7.52. The zero-order valence-corrected chi connectivity index (χ0v) is 17.1. The number of hydrogen-bond acceptors (Lipinski definition) is 6. The van der Waals surface area contributed by atoms with E-state index >= 15 is 0 Å². The molecule has 1 amide bonds. The molecule has 0 radical (unpaired) electrons. The van der Waals surface area contributed by atoms with Crippen LogP contribution in [0.15, 0.2) is 36.0 Å². The quantitative estimate of drug-likeness (QED) is 0.491. The molecule has 3 rings (SSSR count). The molecule has 0 bridgehead atoms. The monoisotopic (exact) mass is 402 g/mol. The van der Waals surface area contributed by atoms with Crippen molar-refractivity contribution in [1.29, 1.82) is 0 Å². The van der Waals surface area contributed by atoms with Crippen molar-refractivity contribution < 1.29 is 14.5 Å². The summed E-state index contributed by atoms with van der Waals surface area (Å²) >= 11 is 0. The van der Waals surface area contributed by atoms with Crippen molar-refractivity contribution in [2.75, 3.05) is 57.9 Å². The first-order chi connectivity index (χ1) is 14.1. The van der Waals surface area contributed by atoms with Crippen LogP contribution in [0, 0.1) is 10.1 Å².